The summed E-state index contributed by atoms with van der Waals surface area (Å²) in [6.07, 6.45) is 3.44. The molecule has 0 spiro atoms. The van der Waals surface area contributed by atoms with Crippen molar-refractivity contribution in [3.8, 4) is 11.3 Å². The molecule has 1 aliphatic rings. The molecular weight excluding hydrogens is 498 g/mol. The van der Waals surface area contributed by atoms with Crippen LogP contribution in [0.2, 0.25) is 10.0 Å². The number of hydrogen-bond donors (Lipinski definition) is 2. The van der Waals surface area contributed by atoms with E-state index in [1.165, 1.54) is 12.3 Å². The summed E-state index contributed by atoms with van der Waals surface area (Å²) in [5, 5.41) is 7.33. The maximum atomic E-state index is 15.8. The van der Waals surface area contributed by atoms with E-state index in [1.807, 2.05) is 4.57 Å². The lowest BCUT2D eigenvalue weighted by molar-refractivity contribution is 0.340. The number of anilines is 1. The molecule has 0 aliphatic carbocycles. The molecule has 2 aromatic carbocycles. The maximum absolute atomic E-state index is 15.8. The lowest BCUT2D eigenvalue weighted by atomic mass is 9.99. The summed E-state index contributed by atoms with van der Waals surface area (Å²) in [6.45, 7) is 2.45. The molecule has 0 radical (unpaired) electrons. The normalized spacial score (nSPS) is 16.1. The van der Waals surface area contributed by atoms with Gasteiger partial charge in [0.25, 0.3) is 0 Å². The van der Waals surface area contributed by atoms with Crippen LogP contribution in [0.15, 0.2) is 42.6 Å². The largest absolute Gasteiger partial charge is 0.350 e. The number of nitrogens with zero attached hydrogens (tertiary/aromatic N) is 3. The molecule has 182 valence electrons. The van der Waals surface area contributed by atoms with Crippen LogP contribution in [-0.2, 0) is 13.1 Å². The molecule has 2 N–H and O–H groups in total. The van der Waals surface area contributed by atoms with Gasteiger partial charge in [-0.1, -0.05) is 35.3 Å². The van der Waals surface area contributed by atoms with Crippen LogP contribution >= 0.6 is 23.2 Å². The molecule has 1 unspecified atom stereocenters. The second-order valence-electron chi connectivity index (χ2n) is 8.62. The van der Waals surface area contributed by atoms with E-state index in [-0.39, 0.29) is 29.5 Å². The Morgan fingerprint density at radius 1 is 1.09 bits per heavy atom. The van der Waals surface area contributed by atoms with Gasteiger partial charge in [0.15, 0.2) is 17.5 Å². The second-order valence-corrected chi connectivity index (χ2v) is 9.43. The molecule has 5 rings (SSSR count). The Hall–Kier alpha value is -2.81. The van der Waals surface area contributed by atoms with Gasteiger partial charge in [0.1, 0.15) is 5.65 Å². The van der Waals surface area contributed by atoms with E-state index in [2.05, 4.69) is 20.6 Å². The van der Waals surface area contributed by atoms with E-state index >= 15 is 4.39 Å². The molecule has 2 aromatic heterocycles. The third-order valence-corrected chi connectivity index (χ3v) is 6.84. The molecule has 5 nitrogen and oxygen atoms in total. The summed E-state index contributed by atoms with van der Waals surface area (Å²) in [4.78, 5) is 8.83. The molecule has 1 fully saturated rings. The van der Waals surface area contributed by atoms with Gasteiger partial charge >= 0.3 is 0 Å². The zero-order chi connectivity index (χ0) is 24.5. The van der Waals surface area contributed by atoms with E-state index in [4.69, 9.17) is 23.2 Å². The minimum absolute atomic E-state index is 0.168. The van der Waals surface area contributed by atoms with Crippen LogP contribution in [0.25, 0.3) is 22.3 Å². The summed E-state index contributed by atoms with van der Waals surface area (Å²) in [7, 11) is 0. The van der Waals surface area contributed by atoms with Crippen LogP contribution in [0.1, 0.15) is 18.4 Å². The Labute approximate surface area is 210 Å². The molecule has 1 aliphatic heterocycles. The quantitative estimate of drug-likeness (QED) is 0.308. The maximum Gasteiger partial charge on any atom is 0.224 e. The van der Waals surface area contributed by atoms with Gasteiger partial charge in [0.05, 0.1) is 21.1 Å². The Morgan fingerprint density at radius 2 is 1.89 bits per heavy atom. The van der Waals surface area contributed by atoms with Crippen molar-refractivity contribution in [3.63, 3.8) is 0 Å². The monoisotopic (exact) mass is 519 g/mol. The number of aromatic nitrogens is 3. The van der Waals surface area contributed by atoms with Gasteiger partial charge in [0.2, 0.25) is 5.95 Å². The lowest BCUT2D eigenvalue weighted by Gasteiger charge is -2.24. The topological polar surface area (TPSA) is 54.8 Å². The molecule has 10 heteroatoms. The number of piperidine rings is 1. The number of halogens is 5. The summed E-state index contributed by atoms with van der Waals surface area (Å²) in [5.41, 5.74) is 1.60. The Balaban J connectivity index is 1.57. The minimum Gasteiger partial charge on any atom is -0.350 e. The molecule has 0 bridgehead atoms. The summed E-state index contributed by atoms with van der Waals surface area (Å²) in [6, 6.07) is 8.70. The van der Waals surface area contributed by atoms with Crippen LogP contribution in [-0.4, -0.2) is 27.6 Å². The van der Waals surface area contributed by atoms with E-state index < -0.39 is 17.5 Å². The molecule has 0 saturated carbocycles. The van der Waals surface area contributed by atoms with E-state index in [9.17, 15) is 8.78 Å². The second kappa shape index (κ2) is 10.0. The van der Waals surface area contributed by atoms with Gasteiger partial charge in [-0.05, 0) is 61.7 Å². The highest BCUT2D eigenvalue weighted by atomic mass is 35.5. The first-order valence-electron chi connectivity index (χ1n) is 11.3. The van der Waals surface area contributed by atoms with Crippen molar-refractivity contribution in [1.29, 1.82) is 0 Å². The number of rotatable bonds is 6. The van der Waals surface area contributed by atoms with Crippen LogP contribution in [0.3, 0.4) is 0 Å². The molecule has 1 atom stereocenters. The van der Waals surface area contributed by atoms with Crippen LogP contribution < -0.4 is 10.6 Å². The predicted octanol–water partition coefficient (Wildman–Crippen LogP) is 6.43. The third-order valence-electron chi connectivity index (χ3n) is 6.21. The van der Waals surface area contributed by atoms with Gasteiger partial charge < -0.3 is 15.2 Å². The van der Waals surface area contributed by atoms with Crippen molar-refractivity contribution in [2.24, 2.45) is 5.92 Å². The van der Waals surface area contributed by atoms with E-state index in [0.717, 1.165) is 38.1 Å². The summed E-state index contributed by atoms with van der Waals surface area (Å²) < 4.78 is 44.4. The van der Waals surface area contributed by atoms with Gasteiger partial charge in [0, 0.05) is 24.8 Å². The highest BCUT2D eigenvalue weighted by molar-refractivity contribution is 6.39. The zero-order valence-electron chi connectivity index (χ0n) is 18.6. The summed E-state index contributed by atoms with van der Waals surface area (Å²) >= 11 is 12.9. The van der Waals surface area contributed by atoms with Gasteiger partial charge in [-0.25, -0.2) is 18.2 Å². The average Bonchev–Trinajstić information content (AvgIpc) is 3.11. The molecule has 0 amide bonds. The third kappa shape index (κ3) is 4.83. The SMILES string of the molecule is Fc1ccc(CNc2ncc3c(F)c(-c4c(Cl)cccc4Cl)n(CC4CCCNC4)c3n2)cc1F. The van der Waals surface area contributed by atoms with Gasteiger partial charge in [-0.2, -0.15) is 4.98 Å². The Kier molecular flexibility index (Phi) is 6.86. The van der Waals surface area contributed by atoms with Crippen LogP contribution in [0.4, 0.5) is 19.1 Å². The number of hydrogen-bond acceptors (Lipinski definition) is 4. The van der Waals surface area contributed by atoms with Crippen molar-refractivity contribution >= 4 is 40.2 Å². The van der Waals surface area contributed by atoms with Crippen molar-refractivity contribution in [2.45, 2.75) is 25.9 Å². The Bertz CT molecular complexity index is 1370. The molecule has 35 heavy (non-hydrogen) atoms. The first-order valence-corrected chi connectivity index (χ1v) is 12.1. The first-order chi connectivity index (χ1) is 16.9. The number of nitrogens with one attached hydrogen (secondary N) is 2. The van der Waals surface area contributed by atoms with Gasteiger partial charge in [-0.3, -0.25) is 0 Å². The highest BCUT2D eigenvalue weighted by Crippen LogP contribution is 2.40. The van der Waals surface area contributed by atoms with E-state index in [1.54, 1.807) is 18.2 Å². The first kappa shape index (κ1) is 23.9. The summed E-state index contributed by atoms with van der Waals surface area (Å²) in [5.74, 6) is -1.83. The number of benzene rings is 2. The van der Waals surface area contributed by atoms with Crippen LogP contribution in [0, 0.1) is 23.4 Å². The average molecular weight is 520 g/mol. The fraction of sp³-hybridized carbons (Fsp3) is 0.280. The molecule has 1 saturated heterocycles. The predicted molar refractivity (Wildman–Crippen MR) is 132 cm³/mol. The standard InChI is InChI=1S/C25H22Cl2F3N5/c26-17-4-1-5-18(27)21(17)23-22(30)16-12-33-25(32-11-14-6-7-19(28)20(29)9-14)34-24(16)35(23)13-15-3-2-8-31-10-15/h1,4-7,9,12,15,31H,2-3,8,10-11,13H2,(H,32,33,34). The fourth-order valence-electron chi connectivity index (χ4n) is 4.49. The fourth-order valence-corrected chi connectivity index (χ4v) is 5.06. The molecule has 4 aromatic rings. The number of fused-ring (bicyclic) bond motifs is 1. The zero-order valence-corrected chi connectivity index (χ0v) is 20.1. The van der Waals surface area contributed by atoms with Crippen molar-refractivity contribution in [2.75, 3.05) is 18.4 Å². The van der Waals surface area contributed by atoms with Crippen molar-refractivity contribution in [1.82, 2.24) is 19.9 Å². The van der Waals surface area contributed by atoms with Gasteiger partial charge in [-0.15, -0.1) is 0 Å². The molecule has 3 heterocycles. The molecular formula is C25H22Cl2F3N5. The highest BCUT2D eigenvalue weighted by Gasteiger charge is 2.26. The van der Waals surface area contributed by atoms with Crippen LogP contribution in [0.5, 0.6) is 0 Å². The van der Waals surface area contributed by atoms with Crippen molar-refractivity contribution < 1.29 is 13.2 Å². The van der Waals surface area contributed by atoms with E-state index in [0.29, 0.717) is 33.4 Å². The minimum atomic E-state index is -0.932. The smallest absolute Gasteiger partial charge is 0.224 e. The Morgan fingerprint density at radius 3 is 2.60 bits per heavy atom. The van der Waals surface area contributed by atoms with Crippen molar-refractivity contribution in [3.05, 3.63) is 75.7 Å². The lowest BCUT2D eigenvalue weighted by Crippen LogP contribution is -2.32.